The molecule has 6 heterocycles. The van der Waals surface area contributed by atoms with Gasteiger partial charge in [-0.25, -0.2) is 9.78 Å². The van der Waals surface area contributed by atoms with Gasteiger partial charge in [-0.05, 0) is 74.6 Å². The van der Waals surface area contributed by atoms with Gasteiger partial charge in [0.25, 0.3) is 0 Å². The van der Waals surface area contributed by atoms with Crippen LogP contribution in [-0.4, -0.2) is 65.8 Å². The largest absolute Gasteiger partial charge is 0.367 e. The minimum atomic E-state index is -0.773. The number of fused-ring (bicyclic) bond motifs is 3. The molecule has 1 aromatic carbocycles. The molecule has 8 atom stereocenters. The van der Waals surface area contributed by atoms with Gasteiger partial charge in [-0.15, -0.1) is 0 Å². The van der Waals surface area contributed by atoms with Crippen molar-refractivity contribution in [1.82, 2.24) is 9.88 Å². The monoisotopic (exact) mass is 569 g/mol. The van der Waals surface area contributed by atoms with Crippen LogP contribution in [0, 0.1) is 23.7 Å². The lowest BCUT2D eigenvalue weighted by Gasteiger charge is -2.60. The SMILES string of the molecule is C[C@H]1[C@@H](CCC(=O)N2CCN(c3ccnc4cc(Cl)ccc34)CC2)O[C@@H]2O[C@@]3(C)CC[C@H]4[C@H](C)CC[C@@H]1[C@@]24OO3. The molecule has 8 nitrogen and oxygen atoms in total. The number of hydrogen-bond acceptors (Lipinski definition) is 7. The Morgan fingerprint density at radius 2 is 1.90 bits per heavy atom. The maximum absolute atomic E-state index is 13.4. The third kappa shape index (κ3) is 4.33. The normalized spacial score (nSPS) is 39.2. The molecule has 1 saturated carbocycles. The molecule has 1 amide bonds. The highest BCUT2D eigenvalue weighted by atomic mass is 35.5. The quantitative estimate of drug-likeness (QED) is 0.446. The van der Waals surface area contributed by atoms with Crippen LogP contribution in [0.2, 0.25) is 5.02 Å². The fourth-order valence-electron chi connectivity index (χ4n) is 8.31. The zero-order valence-corrected chi connectivity index (χ0v) is 24.4. The van der Waals surface area contributed by atoms with Crippen molar-refractivity contribution in [3.8, 4) is 0 Å². The van der Waals surface area contributed by atoms with Crippen LogP contribution in [0.1, 0.15) is 59.3 Å². The van der Waals surface area contributed by atoms with E-state index < -0.39 is 17.7 Å². The standard InChI is InChI=1S/C31H40ClN3O5/c1-19-4-7-24-20(2)27(37-29-31(24)23(19)10-12-30(3,38-29)39-40-31)8-9-28(36)35-16-14-34(15-17-35)26-11-13-33-25-18-21(32)5-6-22(25)26/h5-6,11,13,18-20,23-24,27,29H,4,7-10,12,14-17H2,1-3H3/t19-,20-,23+,24+,27-,29-,30-,31-/m1/s1. The molecule has 8 rings (SSSR count). The smallest absolute Gasteiger partial charge is 0.222 e. The van der Waals surface area contributed by atoms with Gasteiger partial charge in [0, 0.05) is 67.2 Å². The summed E-state index contributed by atoms with van der Waals surface area (Å²) in [4.78, 5) is 34.4. The number of benzene rings is 1. The molecule has 1 spiro atoms. The number of piperazine rings is 1. The van der Waals surface area contributed by atoms with E-state index in [1.54, 1.807) is 0 Å². The van der Waals surface area contributed by atoms with E-state index in [1.807, 2.05) is 36.2 Å². The maximum atomic E-state index is 13.4. The predicted octanol–water partition coefficient (Wildman–Crippen LogP) is 5.57. The predicted molar refractivity (Wildman–Crippen MR) is 152 cm³/mol. The van der Waals surface area contributed by atoms with E-state index >= 15 is 0 Å². The van der Waals surface area contributed by atoms with Crippen LogP contribution in [0.4, 0.5) is 5.69 Å². The lowest BCUT2D eigenvalue weighted by Crippen LogP contribution is -2.70. The van der Waals surface area contributed by atoms with Crippen molar-refractivity contribution >= 4 is 34.1 Å². The topological polar surface area (TPSA) is 73.4 Å². The van der Waals surface area contributed by atoms with Gasteiger partial charge in [0.05, 0.1) is 11.6 Å². The minimum absolute atomic E-state index is 0.0403. The van der Waals surface area contributed by atoms with Gasteiger partial charge in [-0.2, -0.15) is 0 Å². The number of amides is 1. The summed E-state index contributed by atoms with van der Waals surface area (Å²) in [5.74, 6) is 0.887. The Labute approximate surface area is 241 Å². The van der Waals surface area contributed by atoms with Gasteiger partial charge in [-0.3, -0.25) is 9.78 Å². The minimum Gasteiger partial charge on any atom is -0.367 e. The van der Waals surface area contributed by atoms with E-state index in [1.165, 1.54) is 6.42 Å². The van der Waals surface area contributed by atoms with Crippen LogP contribution < -0.4 is 4.90 Å². The second-order valence-corrected chi connectivity index (χ2v) is 13.3. The maximum Gasteiger partial charge on any atom is 0.222 e. The van der Waals surface area contributed by atoms with Crippen molar-refractivity contribution in [3.63, 3.8) is 0 Å². The highest BCUT2D eigenvalue weighted by Crippen LogP contribution is 2.60. The molecule has 2 aromatic rings. The van der Waals surface area contributed by atoms with Gasteiger partial charge < -0.3 is 19.3 Å². The van der Waals surface area contributed by atoms with E-state index in [-0.39, 0.29) is 17.9 Å². The summed E-state index contributed by atoms with van der Waals surface area (Å²) in [6.45, 7) is 9.56. The molecule has 1 aromatic heterocycles. The highest BCUT2D eigenvalue weighted by Gasteiger charge is 2.69. The van der Waals surface area contributed by atoms with Crippen LogP contribution in [0.3, 0.4) is 0 Å². The molecule has 0 unspecified atom stereocenters. The summed E-state index contributed by atoms with van der Waals surface area (Å²) in [6, 6.07) is 7.89. The molecule has 1 aliphatic carbocycles. The van der Waals surface area contributed by atoms with Crippen LogP contribution in [0.15, 0.2) is 30.5 Å². The van der Waals surface area contributed by atoms with Gasteiger partial charge >= 0.3 is 0 Å². The lowest BCUT2D eigenvalue weighted by molar-refractivity contribution is -0.571. The van der Waals surface area contributed by atoms with E-state index in [0.29, 0.717) is 48.7 Å². The molecule has 2 bridgehead atoms. The van der Waals surface area contributed by atoms with Crippen molar-refractivity contribution in [2.75, 3.05) is 31.1 Å². The number of rotatable bonds is 4. The van der Waals surface area contributed by atoms with E-state index in [9.17, 15) is 4.79 Å². The first-order valence-electron chi connectivity index (χ1n) is 15.0. The Hall–Kier alpha value is -1.97. The van der Waals surface area contributed by atoms with Gasteiger partial charge in [0.2, 0.25) is 11.7 Å². The molecule has 9 heteroatoms. The van der Waals surface area contributed by atoms with Crippen molar-refractivity contribution < 1.29 is 24.0 Å². The average Bonchev–Trinajstić information content (AvgIpc) is 3.19. The number of aromatic nitrogens is 1. The fraction of sp³-hybridized carbons (Fsp3) is 0.677. The lowest BCUT2D eigenvalue weighted by atomic mass is 9.57. The van der Waals surface area contributed by atoms with Crippen molar-refractivity contribution in [2.24, 2.45) is 23.7 Å². The number of hydrogen-bond donors (Lipinski definition) is 0. The third-order valence-corrected chi connectivity index (χ3v) is 10.8. The molecule has 5 saturated heterocycles. The molecule has 0 radical (unpaired) electrons. The average molecular weight is 570 g/mol. The highest BCUT2D eigenvalue weighted by molar-refractivity contribution is 6.31. The first-order chi connectivity index (χ1) is 19.3. The Morgan fingerprint density at radius 3 is 2.73 bits per heavy atom. The van der Waals surface area contributed by atoms with Crippen LogP contribution >= 0.6 is 11.6 Å². The second-order valence-electron chi connectivity index (χ2n) is 12.8. The molecular weight excluding hydrogens is 530 g/mol. The molecule has 216 valence electrons. The first kappa shape index (κ1) is 26.9. The Kier molecular flexibility index (Phi) is 6.78. The summed E-state index contributed by atoms with van der Waals surface area (Å²) in [6.07, 6.45) is 6.61. The fourth-order valence-corrected chi connectivity index (χ4v) is 8.48. The number of pyridine rings is 1. The number of carbonyl (C=O) groups excluding carboxylic acids is 1. The molecular formula is C31H40ClN3O5. The molecule has 6 fully saturated rings. The van der Waals surface area contributed by atoms with E-state index in [4.69, 9.17) is 30.8 Å². The van der Waals surface area contributed by atoms with Gasteiger partial charge in [0.1, 0.15) is 0 Å². The summed E-state index contributed by atoms with van der Waals surface area (Å²) in [5.41, 5.74) is 1.49. The van der Waals surface area contributed by atoms with Crippen molar-refractivity contribution in [3.05, 3.63) is 35.5 Å². The number of nitrogens with zero attached hydrogens (tertiary/aromatic N) is 3. The summed E-state index contributed by atoms with van der Waals surface area (Å²) >= 11 is 6.17. The number of anilines is 1. The first-order valence-corrected chi connectivity index (χ1v) is 15.4. The van der Waals surface area contributed by atoms with Crippen LogP contribution in [0.5, 0.6) is 0 Å². The van der Waals surface area contributed by atoms with Crippen LogP contribution in [-0.2, 0) is 24.0 Å². The number of halogens is 1. The Balaban J connectivity index is 0.997. The number of carbonyl (C=O) groups is 1. The molecule has 6 aliphatic rings. The van der Waals surface area contributed by atoms with Crippen molar-refractivity contribution in [2.45, 2.75) is 83.1 Å². The zero-order chi connectivity index (χ0) is 27.6. The molecule has 5 aliphatic heterocycles. The van der Waals surface area contributed by atoms with Gasteiger partial charge in [0.15, 0.2) is 11.9 Å². The Bertz CT molecular complexity index is 1290. The van der Waals surface area contributed by atoms with Crippen molar-refractivity contribution in [1.29, 1.82) is 0 Å². The summed E-state index contributed by atoms with van der Waals surface area (Å²) in [7, 11) is 0. The molecule has 0 N–H and O–H groups in total. The zero-order valence-electron chi connectivity index (χ0n) is 23.7. The third-order valence-electron chi connectivity index (χ3n) is 10.6. The Morgan fingerprint density at radius 1 is 1.07 bits per heavy atom. The van der Waals surface area contributed by atoms with E-state index in [0.717, 1.165) is 48.9 Å². The van der Waals surface area contributed by atoms with E-state index in [2.05, 4.69) is 29.8 Å². The summed E-state index contributed by atoms with van der Waals surface area (Å²) in [5, 5.41) is 1.77. The number of ether oxygens (including phenoxy) is 2. The van der Waals surface area contributed by atoms with Gasteiger partial charge in [-0.1, -0.05) is 25.4 Å². The molecule has 40 heavy (non-hydrogen) atoms. The second kappa shape index (κ2) is 10.1. The van der Waals surface area contributed by atoms with Crippen LogP contribution in [0.25, 0.3) is 10.9 Å². The summed E-state index contributed by atoms with van der Waals surface area (Å²) < 4.78 is 13.2.